The zero-order valence-electron chi connectivity index (χ0n) is 20.4. The van der Waals surface area contributed by atoms with E-state index in [1.165, 1.54) is 16.7 Å². The highest BCUT2D eigenvalue weighted by atomic mass is 31.2. The Morgan fingerprint density at radius 1 is 0.909 bits per heavy atom. The molecule has 0 bridgehead atoms. The minimum absolute atomic E-state index is 0.215. The maximum Gasteiger partial charge on any atom is 0.344 e. The van der Waals surface area contributed by atoms with Gasteiger partial charge in [0.05, 0.1) is 19.8 Å². The van der Waals surface area contributed by atoms with Crippen molar-refractivity contribution in [2.45, 2.75) is 52.2 Å². The molecule has 33 heavy (non-hydrogen) atoms. The summed E-state index contributed by atoms with van der Waals surface area (Å²) in [6.07, 6.45) is 1.96. The van der Waals surface area contributed by atoms with Crippen LogP contribution in [0, 0.1) is 0 Å². The molecule has 0 aromatic heterocycles. The minimum Gasteiger partial charge on any atom is -0.465 e. The Labute approximate surface area is 198 Å². The Kier molecular flexibility index (Phi) is 11.8. The zero-order valence-corrected chi connectivity index (χ0v) is 21.3. The van der Waals surface area contributed by atoms with Crippen molar-refractivity contribution < 1.29 is 23.1 Å². The lowest BCUT2D eigenvalue weighted by molar-refractivity contribution is -0.143. The molecule has 0 saturated carbocycles. The van der Waals surface area contributed by atoms with Crippen LogP contribution in [0.25, 0.3) is 0 Å². The summed E-state index contributed by atoms with van der Waals surface area (Å²) in [6, 6.07) is 19.1. The highest BCUT2D eigenvalue weighted by molar-refractivity contribution is 7.55. The highest BCUT2D eigenvalue weighted by Gasteiger charge is 2.41. The lowest BCUT2D eigenvalue weighted by Crippen LogP contribution is -2.28. The van der Waals surface area contributed by atoms with Gasteiger partial charge < -0.3 is 18.7 Å². The maximum absolute atomic E-state index is 13.2. The Balaban J connectivity index is 1.95. The molecule has 0 N–H and O–H groups in total. The fourth-order valence-electron chi connectivity index (χ4n) is 3.84. The molecule has 1 unspecified atom stereocenters. The van der Waals surface area contributed by atoms with E-state index in [-0.39, 0.29) is 19.8 Å². The molecular weight excluding hydrogens is 437 g/mol. The van der Waals surface area contributed by atoms with Gasteiger partial charge in [-0.15, -0.1) is 0 Å². The number of nitrogens with zero attached hydrogens (tertiary/aromatic N) is 1. The van der Waals surface area contributed by atoms with E-state index < -0.39 is 19.2 Å². The van der Waals surface area contributed by atoms with Gasteiger partial charge in [-0.2, -0.15) is 0 Å². The summed E-state index contributed by atoms with van der Waals surface area (Å²) in [5.41, 5.74) is 2.91. The van der Waals surface area contributed by atoms with Gasteiger partial charge in [-0.25, -0.2) is 0 Å². The second-order valence-electron chi connectivity index (χ2n) is 8.01. The molecule has 0 aliphatic rings. The van der Waals surface area contributed by atoms with Gasteiger partial charge in [0.25, 0.3) is 0 Å². The first-order chi connectivity index (χ1) is 15.9. The average molecular weight is 476 g/mol. The lowest BCUT2D eigenvalue weighted by atomic mass is 10.0. The Morgan fingerprint density at radius 2 is 1.55 bits per heavy atom. The van der Waals surface area contributed by atoms with Crippen molar-refractivity contribution in [1.82, 2.24) is 4.90 Å². The Hall–Kier alpha value is -1.98. The summed E-state index contributed by atoms with van der Waals surface area (Å²) in [5, 5.41) is 0. The fraction of sp³-hybridized carbons (Fsp3) is 0.500. The van der Waals surface area contributed by atoms with E-state index in [0.29, 0.717) is 12.8 Å². The standard InChI is InChI=1S/C26H38NO5P/c1-5-30-26(28)25(33(29,31-6-2)32-7-3)17-12-18-27(4)21-24-16-11-15-23(20-24)19-22-13-9-8-10-14-22/h8-11,13-16,20,25H,5-7,12,17-19,21H2,1-4H3. The van der Waals surface area contributed by atoms with E-state index in [4.69, 9.17) is 13.8 Å². The fourth-order valence-corrected chi connectivity index (χ4v) is 5.82. The molecule has 0 saturated heterocycles. The number of esters is 1. The van der Waals surface area contributed by atoms with Gasteiger partial charge >= 0.3 is 13.6 Å². The van der Waals surface area contributed by atoms with Gasteiger partial charge in [-0.05, 0) is 70.3 Å². The van der Waals surface area contributed by atoms with E-state index in [9.17, 15) is 9.36 Å². The lowest BCUT2D eigenvalue weighted by Gasteiger charge is -2.25. The molecular formula is C26H38NO5P. The average Bonchev–Trinajstić information content (AvgIpc) is 2.78. The van der Waals surface area contributed by atoms with Crippen molar-refractivity contribution in [2.75, 3.05) is 33.4 Å². The largest absolute Gasteiger partial charge is 0.465 e. The Morgan fingerprint density at radius 3 is 2.18 bits per heavy atom. The molecule has 0 fully saturated rings. The smallest absolute Gasteiger partial charge is 0.344 e. The third kappa shape index (κ3) is 9.05. The molecule has 1 atom stereocenters. The van der Waals surface area contributed by atoms with Crippen LogP contribution in [0.3, 0.4) is 0 Å². The first-order valence-corrected chi connectivity index (χ1v) is 13.4. The summed E-state index contributed by atoms with van der Waals surface area (Å²) < 4.78 is 29.3. The van der Waals surface area contributed by atoms with E-state index >= 15 is 0 Å². The van der Waals surface area contributed by atoms with Gasteiger partial charge in [0.2, 0.25) is 0 Å². The molecule has 7 heteroatoms. The molecule has 0 aliphatic heterocycles. The van der Waals surface area contributed by atoms with Crippen molar-refractivity contribution >= 4 is 13.6 Å². The molecule has 0 amide bonds. The summed E-state index contributed by atoms with van der Waals surface area (Å²) >= 11 is 0. The van der Waals surface area contributed by atoms with Crippen LogP contribution in [0.15, 0.2) is 54.6 Å². The Bertz CT molecular complexity index is 879. The van der Waals surface area contributed by atoms with Crippen LogP contribution in [0.4, 0.5) is 0 Å². The van der Waals surface area contributed by atoms with Crippen LogP contribution in [0.1, 0.15) is 50.3 Å². The van der Waals surface area contributed by atoms with E-state index in [0.717, 1.165) is 19.5 Å². The second kappa shape index (κ2) is 14.3. The van der Waals surface area contributed by atoms with E-state index in [2.05, 4.69) is 53.4 Å². The topological polar surface area (TPSA) is 65.1 Å². The summed E-state index contributed by atoms with van der Waals surface area (Å²) in [6.45, 7) is 7.42. The van der Waals surface area contributed by atoms with Crippen molar-refractivity contribution in [3.05, 3.63) is 71.3 Å². The highest BCUT2D eigenvalue weighted by Crippen LogP contribution is 2.55. The quantitative estimate of drug-likeness (QED) is 0.244. The van der Waals surface area contributed by atoms with Crippen LogP contribution >= 0.6 is 7.60 Å². The van der Waals surface area contributed by atoms with Crippen molar-refractivity contribution in [3.8, 4) is 0 Å². The van der Waals surface area contributed by atoms with Gasteiger partial charge in [-0.3, -0.25) is 9.36 Å². The summed E-state index contributed by atoms with van der Waals surface area (Å²) in [4.78, 5) is 14.7. The number of rotatable bonds is 15. The van der Waals surface area contributed by atoms with Crippen LogP contribution in [-0.2, 0) is 36.1 Å². The maximum atomic E-state index is 13.2. The van der Waals surface area contributed by atoms with Crippen LogP contribution in [0.5, 0.6) is 0 Å². The van der Waals surface area contributed by atoms with Crippen molar-refractivity contribution in [1.29, 1.82) is 0 Å². The van der Waals surface area contributed by atoms with Gasteiger partial charge in [0, 0.05) is 6.54 Å². The van der Waals surface area contributed by atoms with Crippen LogP contribution in [0.2, 0.25) is 0 Å². The summed E-state index contributed by atoms with van der Waals surface area (Å²) in [7, 11) is -1.53. The molecule has 2 rings (SSSR count). The first-order valence-electron chi connectivity index (χ1n) is 11.8. The SMILES string of the molecule is CCOC(=O)C(CCCN(C)Cc1cccc(Cc2ccccc2)c1)P(=O)(OCC)OCC. The number of ether oxygens (including phenoxy) is 1. The molecule has 2 aromatic rings. The zero-order chi connectivity index (χ0) is 24.1. The van der Waals surface area contributed by atoms with Crippen molar-refractivity contribution in [2.24, 2.45) is 0 Å². The van der Waals surface area contributed by atoms with E-state index in [1.807, 2.05) is 13.1 Å². The van der Waals surface area contributed by atoms with Gasteiger partial charge in [-0.1, -0.05) is 54.6 Å². The van der Waals surface area contributed by atoms with Gasteiger partial charge in [0.15, 0.2) is 5.66 Å². The normalized spacial score (nSPS) is 12.6. The number of benzene rings is 2. The molecule has 0 radical (unpaired) electrons. The number of carbonyl (C=O) groups excluding carboxylic acids is 1. The predicted octanol–water partition coefficient (Wildman–Crippen LogP) is 5.69. The predicted molar refractivity (Wildman–Crippen MR) is 133 cm³/mol. The van der Waals surface area contributed by atoms with E-state index in [1.54, 1.807) is 20.8 Å². The summed E-state index contributed by atoms with van der Waals surface area (Å²) in [5.74, 6) is -0.515. The van der Waals surface area contributed by atoms with Gasteiger partial charge in [0.1, 0.15) is 0 Å². The monoisotopic (exact) mass is 475 g/mol. The molecule has 182 valence electrons. The third-order valence-corrected chi connectivity index (χ3v) is 7.74. The molecule has 0 heterocycles. The molecule has 2 aromatic carbocycles. The first kappa shape index (κ1) is 27.3. The number of hydrogen-bond donors (Lipinski definition) is 0. The van der Waals surface area contributed by atoms with Crippen LogP contribution in [-0.4, -0.2) is 49.9 Å². The third-order valence-electron chi connectivity index (χ3n) is 5.27. The molecule has 6 nitrogen and oxygen atoms in total. The second-order valence-corrected chi connectivity index (χ2v) is 10.2. The van der Waals surface area contributed by atoms with Crippen molar-refractivity contribution in [3.63, 3.8) is 0 Å². The number of hydrogen-bond acceptors (Lipinski definition) is 6. The number of carbonyl (C=O) groups is 1. The molecule has 0 spiro atoms. The molecule has 0 aliphatic carbocycles. The minimum atomic E-state index is -3.57. The van der Waals surface area contributed by atoms with Crippen LogP contribution < -0.4 is 0 Å².